The number of anilines is 1. The molecule has 0 bridgehead atoms. The Hall–Kier alpha value is -2.46. The average molecular weight is 385 g/mol. The number of carbonyl (C=O) groups is 1. The third-order valence-corrected chi connectivity index (χ3v) is 4.92. The molecule has 1 N–H and O–H groups in total. The van der Waals surface area contributed by atoms with Crippen LogP contribution >= 0.6 is 11.6 Å². The number of aromatic nitrogens is 1. The lowest BCUT2D eigenvalue weighted by atomic mass is 10.1. The molecule has 0 aliphatic carbocycles. The number of nitrogens with zero attached hydrogens (tertiary/aromatic N) is 1. The minimum Gasteiger partial charge on any atom is -0.494 e. The van der Waals surface area contributed by atoms with Crippen LogP contribution in [0.3, 0.4) is 0 Å². The highest BCUT2D eigenvalue weighted by Gasteiger charge is 2.19. The monoisotopic (exact) mass is 384 g/mol. The number of unbranched alkanes of at least 4 members (excludes halogenated alkanes) is 1. The number of aryl methyl sites for hydroxylation is 2. The predicted octanol–water partition coefficient (Wildman–Crippen LogP) is 6.05. The zero-order chi connectivity index (χ0) is 19.4. The molecule has 1 aromatic heterocycles. The molecule has 0 saturated heterocycles. The number of ether oxygens (including phenoxy) is 1. The second kappa shape index (κ2) is 8.49. The zero-order valence-corrected chi connectivity index (χ0v) is 16.8. The van der Waals surface area contributed by atoms with Gasteiger partial charge in [0.25, 0.3) is 5.91 Å². The third kappa shape index (κ3) is 4.11. The molecule has 0 fully saturated rings. The van der Waals surface area contributed by atoms with Gasteiger partial charge in [0, 0.05) is 28.2 Å². The topological polar surface area (TPSA) is 43.3 Å². The van der Waals surface area contributed by atoms with Crippen molar-refractivity contribution in [3.05, 3.63) is 58.7 Å². The van der Waals surface area contributed by atoms with Crippen molar-refractivity contribution in [3.8, 4) is 5.75 Å². The number of halogens is 1. The molecule has 27 heavy (non-hydrogen) atoms. The van der Waals surface area contributed by atoms with E-state index in [1.54, 1.807) is 0 Å². The Balaban J connectivity index is 1.83. The molecule has 4 nitrogen and oxygen atoms in total. The van der Waals surface area contributed by atoms with Crippen LogP contribution in [-0.2, 0) is 6.54 Å². The number of hydrogen-bond acceptors (Lipinski definition) is 2. The number of hydrogen-bond donors (Lipinski definition) is 1. The molecule has 0 radical (unpaired) electrons. The van der Waals surface area contributed by atoms with Crippen molar-refractivity contribution in [1.29, 1.82) is 0 Å². The van der Waals surface area contributed by atoms with E-state index >= 15 is 0 Å². The van der Waals surface area contributed by atoms with Crippen LogP contribution in [-0.4, -0.2) is 17.1 Å². The number of carbonyl (C=O) groups excluding carboxylic acids is 1. The van der Waals surface area contributed by atoms with Gasteiger partial charge in [-0.3, -0.25) is 4.79 Å². The second-order valence-corrected chi connectivity index (χ2v) is 7.00. The maximum Gasteiger partial charge on any atom is 0.272 e. The van der Waals surface area contributed by atoms with Crippen LogP contribution in [0.1, 0.15) is 42.7 Å². The van der Waals surface area contributed by atoms with Gasteiger partial charge in [0.1, 0.15) is 11.4 Å². The summed E-state index contributed by atoms with van der Waals surface area (Å²) in [7, 11) is 0. The Bertz CT molecular complexity index is 945. The molecule has 1 amide bonds. The van der Waals surface area contributed by atoms with Crippen LogP contribution in [0.25, 0.3) is 10.9 Å². The maximum atomic E-state index is 13.0. The van der Waals surface area contributed by atoms with Gasteiger partial charge in [0.2, 0.25) is 0 Å². The summed E-state index contributed by atoms with van der Waals surface area (Å²) in [6.45, 7) is 7.55. The molecule has 0 unspecified atom stereocenters. The molecule has 1 heterocycles. The van der Waals surface area contributed by atoms with E-state index in [0.29, 0.717) is 23.9 Å². The second-order valence-electron chi connectivity index (χ2n) is 6.56. The van der Waals surface area contributed by atoms with Gasteiger partial charge >= 0.3 is 0 Å². The molecule has 0 spiro atoms. The zero-order valence-electron chi connectivity index (χ0n) is 16.0. The first-order valence-corrected chi connectivity index (χ1v) is 9.75. The van der Waals surface area contributed by atoms with Crippen molar-refractivity contribution in [2.75, 3.05) is 11.9 Å². The Kier molecular flexibility index (Phi) is 6.07. The summed E-state index contributed by atoms with van der Waals surface area (Å²) < 4.78 is 7.69. The Labute approximate surface area is 165 Å². The van der Waals surface area contributed by atoms with Gasteiger partial charge in [-0.15, -0.1) is 0 Å². The highest BCUT2D eigenvalue weighted by molar-refractivity contribution is 6.31. The van der Waals surface area contributed by atoms with E-state index in [0.717, 1.165) is 40.7 Å². The molecular formula is C22H25ClN2O2. The molecule has 2 aromatic carbocycles. The van der Waals surface area contributed by atoms with Crippen LogP contribution < -0.4 is 10.1 Å². The van der Waals surface area contributed by atoms with Crippen molar-refractivity contribution in [2.24, 2.45) is 0 Å². The van der Waals surface area contributed by atoms with Crippen molar-refractivity contribution < 1.29 is 9.53 Å². The van der Waals surface area contributed by atoms with E-state index in [2.05, 4.69) is 12.2 Å². The van der Waals surface area contributed by atoms with Crippen molar-refractivity contribution in [3.63, 3.8) is 0 Å². The molecule has 0 aliphatic rings. The first-order chi connectivity index (χ1) is 13.0. The van der Waals surface area contributed by atoms with Crippen molar-refractivity contribution >= 4 is 34.1 Å². The molecule has 3 rings (SSSR count). The fourth-order valence-electron chi connectivity index (χ4n) is 3.27. The van der Waals surface area contributed by atoms with Crippen LogP contribution in [0, 0.1) is 6.92 Å². The largest absolute Gasteiger partial charge is 0.494 e. The van der Waals surface area contributed by atoms with Gasteiger partial charge in [-0.25, -0.2) is 0 Å². The summed E-state index contributed by atoms with van der Waals surface area (Å²) in [5.74, 6) is 0.691. The average Bonchev–Trinajstić information content (AvgIpc) is 2.95. The Morgan fingerprint density at radius 1 is 1.15 bits per heavy atom. The van der Waals surface area contributed by atoms with E-state index in [4.69, 9.17) is 16.3 Å². The molecule has 142 valence electrons. The normalized spacial score (nSPS) is 11.0. The number of rotatable bonds is 7. The molecule has 0 atom stereocenters. The van der Waals surface area contributed by atoms with Crippen LogP contribution in [0.2, 0.25) is 5.02 Å². The summed E-state index contributed by atoms with van der Waals surface area (Å²) in [5, 5.41) is 4.67. The number of amides is 1. The van der Waals surface area contributed by atoms with Gasteiger partial charge in [-0.05, 0) is 68.3 Å². The van der Waals surface area contributed by atoms with E-state index in [9.17, 15) is 4.79 Å². The minimum absolute atomic E-state index is 0.124. The van der Waals surface area contributed by atoms with E-state index in [-0.39, 0.29) is 5.91 Å². The van der Waals surface area contributed by atoms with Gasteiger partial charge in [0.05, 0.1) is 6.61 Å². The lowest BCUT2D eigenvalue weighted by Crippen LogP contribution is -2.17. The van der Waals surface area contributed by atoms with E-state index < -0.39 is 0 Å². The van der Waals surface area contributed by atoms with Gasteiger partial charge in [-0.1, -0.05) is 24.9 Å². The predicted molar refractivity (Wildman–Crippen MR) is 112 cm³/mol. The number of fused-ring (bicyclic) bond motifs is 1. The first kappa shape index (κ1) is 19.3. The van der Waals surface area contributed by atoms with Gasteiger partial charge in [0.15, 0.2) is 0 Å². The highest BCUT2D eigenvalue weighted by Crippen LogP contribution is 2.29. The standard InChI is InChI=1S/C22H25ClN2O2/c1-4-6-13-27-18-10-8-17(9-11-18)24-22(26)21-15(3)19-14-16(23)7-12-20(19)25(21)5-2/h7-12,14H,4-6,13H2,1-3H3,(H,24,26). The Morgan fingerprint density at radius 3 is 2.56 bits per heavy atom. The van der Waals surface area contributed by atoms with Crippen LogP contribution in [0.5, 0.6) is 5.75 Å². The quantitative estimate of drug-likeness (QED) is 0.503. The number of nitrogens with one attached hydrogen (secondary N) is 1. The molecule has 5 heteroatoms. The fourth-order valence-corrected chi connectivity index (χ4v) is 3.45. The van der Waals surface area contributed by atoms with Crippen molar-refractivity contribution in [1.82, 2.24) is 4.57 Å². The third-order valence-electron chi connectivity index (χ3n) is 4.69. The molecular weight excluding hydrogens is 360 g/mol. The fraction of sp³-hybridized carbons (Fsp3) is 0.318. The summed E-state index contributed by atoms with van der Waals surface area (Å²) in [4.78, 5) is 13.0. The van der Waals surface area contributed by atoms with Gasteiger partial charge in [-0.2, -0.15) is 0 Å². The van der Waals surface area contributed by atoms with E-state index in [1.807, 2.05) is 60.9 Å². The summed E-state index contributed by atoms with van der Waals surface area (Å²) in [6, 6.07) is 13.2. The van der Waals surface area contributed by atoms with Crippen LogP contribution in [0.4, 0.5) is 5.69 Å². The molecule has 3 aromatic rings. The van der Waals surface area contributed by atoms with E-state index in [1.165, 1.54) is 0 Å². The summed E-state index contributed by atoms with van der Waals surface area (Å²) in [5.41, 5.74) is 3.36. The molecule has 0 saturated carbocycles. The smallest absolute Gasteiger partial charge is 0.272 e. The van der Waals surface area contributed by atoms with Crippen LogP contribution in [0.15, 0.2) is 42.5 Å². The van der Waals surface area contributed by atoms with Gasteiger partial charge < -0.3 is 14.6 Å². The van der Waals surface area contributed by atoms with Crippen molar-refractivity contribution in [2.45, 2.75) is 40.2 Å². The summed E-state index contributed by atoms with van der Waals surface area (Å²) in [6.07, 6.45) is 2.13. The number of benzene rings is 2. The maximum absolute atomic E-state index is 13.0. The Morgan fingerprint density at radius 2 is 1.89 bits per heavy atom. The lowest BCUT2D eigenvalue weighted by molar-refractivity contribution is 0.101. The summed E-state index contributed by atoms with van der Waals surface area (Å²) >= 11 is 6.14. The first-order valence-electron chi connectivity index (χ1n) is 9.37. The highest BCUT2D eigenvalue weighted by atomic mass is 35.5. The lowest BCUT2D eigenvalue weighted by Gasteiger charge is -2.11. The molecule has 0 aliphatic heterocycles. The SMILES string of the molecule is CCCCOc1ccc(NC(=O)c2c(C)c3cc(Cl)ccc3n2CC)cc1. The minimum atomic E-state index is -0.124.